The molecule has 0 bridgehead atoms. The molecular formula is C24H23N5OS. The van der Waals surface area contributed by atoms with E-state index in [-0.39, 0.29) is 11.7 Å². The van der Waals surface area contributed by atoms with Crippen molar-refractivity contribution in [1.82, 2.24) is 14.8 Å². The number of nitrogens with one attached hydrogen (secondary N) is 1. The Balaban J connectivity index is 1.60. The second-order valence-corrected chi connectivity index (χ2v) is 8.20. The molecule has 0 aliphatic heterocycles. The molecule has 1 amide bonds. The van der Waals surface area contributed by atoms with Gasteiger partial charge in [0.2, 0.25) is 5.91 Å². The third kappa shape index (κ3) is 4.78. The molecule has 0 saturated heterocycles. The van der Waals surface area contributed by atoms with Crippen LogP contribution in [0.2, 0.25) is 0 Å². The standard InChI is InChI=1S/C24H23N5OS/c1-16-11-12-17(2)21(13-16)26-22(30)15-31-24-28-27-23(18-7-6-8-19(25)14-18)29(24)20-9-4-3-5-10-20/h3-14H,15,25H2,1-2H3,(H,26,30). The van der Waals surface area contributed by atoms with Crippen LogP contribution in [0.4, 0.5) is 11.4 Å². The second kappa shape index (κ2) is 9.06. The van der Waals surface area contributed by atoms with E-state index in [0.29, 0.717) is 16.7 Å². The maximum atomic E-state index is 12.6. The number of aromatic nitrogens is 3. The minimum Gasteiger partial charge on any atom is -0.399 e. The number of anilines is 2. The summed E-state index contributed by atoms with van der Waals surface area (Å²) in [6, 6.07) is 23.4. The van der Waals surface area contributed by atoms with Gasteiger partial charge in [-0.05, 0) is 55.3 Å². The SMILES string of the molecule is Cc1ccc(C)c(NC(=O)CSc2nnc(-c3cccc(N)c3)n2-c2ccccc2)c1. The van der Waals surface area contributed by atoms with E-state index >= 15 is 0 Å². The van der Waals surface area contributed by atoms with Crippen LogP contribution in [-0.2, 0) is 4.79 Å². The summed E-state index contributed by atoms with van der Waals surface area (Å²) in [6.45, 7) is 3.98. The minimum atomic E-state index is -0.0909. The molecule has 0 atom stereocenters. The average molecular weight is 430 g/mol. The number of nitrogens with two attached hydrogens (primary N) is 1. The van der Waals surface area contributed by atoms with E-state index in [4.69, 9.17) is 5.73 Å². The van der Waals surface area contributed by atoms with Gasteiger partial charge in [-0.25, -0.2) is 0 Å². The number of hydrogen-bond donors (Lipinski definition) is 2. The Morgan fingerprint density at radius 3 is 2.58 bits per heavy atom. The number of nitrogen functional groups attached to an aromatic ring is 1. The van der Waals surface area contributed by atoms with Crippen molar-refractivity contribution in [3.05, 3.63) is 83.9 Å². The molecule has 0 spiro atoms. The summed E-state index contributed by atoms with van der Waals surface area (Å²) in [7, 11) is 0. The molecule has 3 aromatic carbocycles. The molecule has 31 heavy (non-hydrogen) atoms. The number of carbonyl (C=O) groups is 1. The minimum absolute atomic E-state index is 0.0909. The molecule has 0 saturated carbocycles. The Hall–Kier alpha value is -3.58. The maximum absolute atomic E-state index is 12.6. The highest BCUT2D eigenvalue weighted by Gasteiger charge is 2.17. The molecule has 6 nitrogen and oxygen atoms in total. The zero-order chi connectivity index (χ0) is 21.8. The fourth-order valence-electron chi connectivity index (χ4n) is 3.22. The number of hydrogen-bond acceptors (Lipinski definition) is 5. The van der Waals surface area contributed by atoms with Gasteiger partial charge in [-0.3, -0.25) is 9.36 Å². The lowest BCUT2D eigenvalue weighted by molar-refractivity contribution is -0.113. The smallest absolute Gasteiger partial charge is 0.234 e. The summed E-state index contributed by atoms with van der Waals surface area (Å²) < 4.78 is 1.95. The number of carbonyl (C=O) groups excluding carboxylic acids is 1. The van der Waals surface area contributed by atoms with E-state index in [1.165, 1.54) is 11.8 Å². The van der Waals surface area contributed by atoms with Gasteiger partial charge in [-0.1, -0.05) is 54.2 Å². The van der Waals surface area contributed by atoms with Crippen molar-refractivity contribution < 1.29 is 4.79 Å². The summed E-state index contributed by atoms with van der Waals surface area (Å²) in [4.78, 5) is 12.6. The first-order valence-corrected chi connectivity index (χ1v) is 10.9. The lowest BCUT2D eigenvalue weighted by Gasteiger charge is -2.11. The molecule has 0 radical (unpaired) electrons. The lowest BCUT2D eigenvalue weighted by atomic mass is 10.1. The van der Waals surface area contributed by atoms with Crippen LogP contribution in [-0.4, -0.2) is 26.4 Å². The van der Waals surface area contributed by atoms with Crippen molar-refractivity contribution in [2.75, 3.05) is 16.8 Å². The lowest BCUT2D eigenvalue weighted by Crippen LogP contribution is -2.15. The van der Waals surface area contributed by atoms with Gasteiger partial charge in [-0.2, -0.15) is 0 Å². The monoisotopic (exact) mass is 429 g/mol. The van der Waals surface area contributed by atoms with Gasteiger partial charge < -0.3 is 11.1 Å². The first kappa shape index (κ1) is 20.7. The summed E-state index contributed by atoms with van der Waals surface area (Å²) >= 11 is 1.35. The number of benzene rings is 3. The van der Waals surface area contributed by atoms with Crippen molar-refractivity contribution in [2.24, 2.45) is 0 Å². The molecule has 4 rings (SSSR count). The fraction of sp³-hybridized carbons (Fsp3) is 0.125. The molecule has 3 N–H and O–H groups in total. The Labute approximate surface area is 185 Å². The number of para-hydroxylation sites is 1. The Morgan fingerprint density at radius 2 is 1.81 bits per heavy atom. The second-order valence-electron chi connectivity index (χ2n) is 7.26. The van der Waals surface area contributed by atoms with Crippen LogP contribution in [0.15, 0.2) is 78.0 Å². The zero-order valence-electron chi connectivity index (χ0n) is 17.4. The third-order valence-electron chi connectivity index (χ3n) is 4.79. The van der Waals surface area contributed by atoms with Gasteiger partial charge in [0.05, 0.1) is 5.75 Å². The summed E-state index contributed by atoms with van der Waals surface area (Å²) in [5.74, 6) is 0.803. The first-order valence-electron chi connectivity index (χ1n) is 9.88. The zero-order valence-corrected chi connectivity index (χ0v) is 18.2. The van der Waals surface area contributed by atoms with Crippen LogP contribution in [0.25, 0.3) is 17.1 Å². The molecule has 156 valence electrons. The molecule has 1 aromatic heterocycles. The van der Waals surface area contributed by atoms with Gasteiger partial charge in [0.1, 0.15) is 0 Å². The maximum Gasteiger partial charge on any atom is 0.234 e. The Kier molecular flexibility index (Phi) is 6.04. The molecule has 0 unspecified atom stereocenters. The first-order chi connectivity index (χ1) is 15.0. The predicted molar refractivity (Wildman–Crippen MR) is 126 cm³/mol. The van der Waals surface area contributed by atoms with Gasteiger partial charge >= 0.3 is 0 Å². The van der Waals surface area contributed by atoms with E-state index in [1.807, 2.05) is 91.2 Å². The normalized spacial score (nSPS) is 10.8. The fourth-order valence-corrected chi connectivity index (χ4v) is 3.98. The van der Waals surface area contributed by atoms with E-state index in [9.17, 15) is 4.79 Å². The Morgan fingerprint density at radius 1 is 1.00 bits per heavy atom. The van der Waals surface area contributed by atoms with Crippen molar-refractivity contribution >= 4 is 29.0 Å². The van der Waals surface area contributed by atoms with Crippen molar-refractivity contribution in [3.63, 3.8) is 0 Å². The van der Waals surface area contributed by atoms with Gasteiger partial charge in [0.25, 0.3) is 0 Å². The highest BCUT2D eigenvalue weighted by Crippen LogP contribution is 2.29. The van der Waals surface area contributed by atoms with E-state index in [0.717, 1.165) is 28.1 Å². The van der Waals surface area contributed by atoms with Crippen molar-refractivity contribution in [1.29, 1.82) is 0 Å². The number of thioether (sulfide) groups is 1. The molecule has 0 fully saturated rings. The Bertz CT molecular complexity index is 1220. The quantitative estimate of drug-likeness (QED) is 0.338. The van der Waals surface area contributed by atoms with E-state index in [2.05, 4.69) is 15.5 Å². The molecule has 7 heteroatoms. The predicted octanol–water partition coefficient (Wildman–Crippen LogP) is 4.86. The number of amides is 1. The van der Waals surface area contributed by atoms with E-state index < -0.39 is 0 Å². The van der Waals surface area contributed by atoms with E-state index in [1.54, 1.807) is 0 Å². The van der Waals surface area contributed by atoms with Crippen molar-refractivity contribution in [2.45, 2.75) is 19.0 Å². The largest absolute Gasteiger partial charge is 0.399 e. The van der Waals surface area contributed by atoms with Gasteiger partial charge in [0, 0.05) is 22.6 Å². The van der Waals surface area contributed by atoms with Crippen LogP contribution in [0.1, 0.15) is 11.1 Å². The van der Waals surface area contributed by atoms with Crippen LogP contribution >= 0.6 is 11.8 Å². The van der Waals surface area contributed by atoms with Gasteiger partial charge in [0.15, 0.2) is 11.0 Å². The van der Waals surface area contributed by atoms with Gasteiger partial charge in [-0.15, -0.1) is 10.2 Å². The summed E-state index contributed by atoms with van der Waals surface area (Å²) in [6.07, 6.45) is 0. The highest BCUT2D eigenvalue weighted by atomic mass is 32.2. The number of nitrogens with zero attached hydrogens (tertiary/aromatic N) is 3. The topological polar surface area (TPSA) is 85.8 Å². The van der Waals surface area contributed by atoms with Crippen LogP contribution in [0.5, 0.6) is 0 Å². The summed E-state index contributed by atoms with van der Waals surface area (Å²) in [5, 5.41) is 12.4. The number of rotatable bonds is 6. The average Bonchev–Trinajstić information content (AvgIpc) is 3.19. The molecule has 4 aromatic rings. The van der Waals surface area contributed by atoms with Crippen LogP contribution < -0.4 is 11.1 Å². The summed E-state index contributed by atoms with van der Waals surface area (Å²) in [5.41, 5.74) is 11.4. The molecular weight excluding hydrogens is 406 g/mol. The van der Waals surface area contributed by atoms with Crippen LogP contribution in [0, 0.1) is 13.8 Å². The third-order valence-corrected chi connectivity index (χ3v) is 5.72. The molecule has 0 aliphatic carbocycles. The molecule has 0 aliphatic rings. The van der Waals surface area contributed by atoms with Crippen LogP contribution in [0.3, 0.4) is 0 Å². The molecule has 1 heterocycles. The number of aryl methyl sites for hydroxylation is 2. The van der Waals surface area contributed by atoms with Crippen molar-refractivity contribution in [3.8, 4) is 17.1 Å². The highest BCUT2D eigenvalue weighted by molar-refractivity contribution is 7.99.